The Morgan fingerprint density at radius 3 is 2.70 bits per heavy atom. The van der Waals surface area contributed by atoms with E-state index >= 15 is 0 Å². The third-order valence-corrected chi connectivity index (χ3v) is 2.15. The second-order valence-electron chi connectivity index (χ2n) is 2.39. The molecule has 3 heteroatoms. The van der Waals surface area contributed by atoms with Crippen molar-refractivity contribution < 1.29 is 4.79 Å². The summed E-state index contributed by atoms with van der Waals surface area (Å²) < 4.78 is 0. The minimum Gasteiger partial charge on any atom is -0.361 e. The number of rotatable bonds is 4. The second-order valence-corrected chi connectivity index (χ2v) is 3.83. The van der Waals surface area contributed by atoms with Gasteiger partial charge in [-0.05, 0) is 6.42 Å². The largest absolute Gasteiger partial charge is 0.361 e. The van der Waals surface area contributed by atoms with Crippen LogP contribution in [-0.2, 0) is 0 Å². The quantitative estimate of drug-likeness (QED) is 0.688. The number of thioether (sulfide) groups is 1. The van der Waals surface area contributed by atoms with Gasteiger partial charge < -0.3 is 5.73 Å². The number of carbonyl (C=O) groups excluding carboxylic acids is 1. The average molecular weight is 161 g/mol. The van der Waals surface area contributed by atoms with Crippen molar-refractivity contribution in [2.45, 2.75) is 38.4 Å². The van der Waals surface area contributed by atoms with Crippen LogP contribution in [0.15, 0.2) is 0 Å². The predicted octanol–water partition coefficient (Wildman–Crippen LogP) is 2.38. The zero-order chi connectivity index (χ0) is 7.98. The number of primary amides is 1. The number of hydrogen-bond donors (Lipinski definition) is 1. The number of carbonyl (C=O) groups is 1. The maximum Gasteiger partial charge on any atom is 0.276 e. The Hall–Kier alpha value is -0.180. The first-order valence-corrected chi connectivity index (χ1v) is 4.50. The van der Waals surface area contributed by atoms with Crippen LogP contribution in [0.4, 0.5) is 4.79 Å². The Kier molecular flexibility index (Phi) is 5.49. The maximum absolute atomic E-state index is 10.4. The van der Waals surface area contributed by atoms with Crippen LogP contribution < -0.4 is 5.73 Å². The van der Waals surface area contributed by atoms with Crippen molar-refractivity contribution in [2.75, 3.05) is 0 Å². The Labute approximate surface area is 66.6 Å². The normalized spacial score (nSPS) is 13.0. The third kappa shape index (κ3) is 5.95. The van der Waals surface area contributed by atoms with Crippen molar-refractivity contribution in [3.05, 3.63) is 0 Å². The molecule has 0 rings (SSSR count). The topological polar surface area (TPSA) is 43.1 Å². The van der Waals surface area contributed by atoms with Crippen molar-refractivity contribution in [3.8, 4) is 0 Å². The van der Waals surface area contributed by atoms with Crippen molar-refractivity contribution in [1.29, 1.82) is 0 Å². The molecule has 0 radical (unpaired) electrons. The van der Waals surface area contributed by atoms with Gasteiger partial charge >= 0.3 is 0 Å². The number of unbranched alkanes of at least 4 members (excludes halogenated alkanes) is 1. The van der Waals surface area contributed by atoms with Crippen LogP contribution in [0.1, 0.15) is 33.1 Å². The molecule has 0 aliphatic rings. The standard InChI is InChI=1S/C7H15NOS/c1-3-4-5-6(2)10-7(8)9/h6H,3-5H2,1-2H3,(H2,8,9). The first-order valence-electron chi connectivity index (χ1n) is 3.63. The van der Waals surface area contributed by atoms with Gasteiger partial charge in [0.25, 0.3) is 5.24 Å². The summed E-state index contributed by atoms with van der Waals surface area (Å²) in [6.45, 7) is 4.17. The van der Waals surface area contributed by atoms with E-state index in [0.717, 1.165) is 6.42 Å². The Balaban J connectivity index is 3.25. The molecule has 0 heterocycles. The minimum absolute atomic E-state index is 0.261. The Bertz CT molecular complexity index is 106. The Morgan fingerprint density at radius 2 is 2.30 bits per heavy atom. The zero-order valence-electron chi connectivity index (χ0n) is 6.59. The molecule has 0 spiro atoms. The molecule has 0 bridgehead atoms. The first-order chi connectivity index (χ1) is 4.66. The molecule has 1 atom stereocenters. The van der Waals surface area contributed by atoms with Gasteiger partial charge in [-0.15, -0.1) is 0 Å². The van der Waals surface area contributed by atoms with E-state index < -0.39 is 0 Å². The van der Waals surface area contributed by atoms with Gasteiger partial charge in [0.2, 0.25) is 0 Å². The summed E-state index contributed by atoms with van der Waals surface area (Å²) in [5, 5.41) is 0.126. The zero-order valence-corrected chi connectivity index (χ0v) is 7.41. The molecular weight excluding hydrogens is 146 g/mol. The lowest BCUT2D eigenvalue weighted by molar-refractivity contribution is 0.267. The van der Waals surface area contributed by atoms with E-state index in [1.54, 1.807) is 0 Å². The van der Waals surface area contributed by atoms with Gasteiger partial charge in [-0.2, -0.15) is 0 Å². The lowest BCUT2D eigenvalue weighted by Gasteiger charge is -2.05. The van der Waals surface area contributed by atoms with Crippen molar-refractivity contribution in [2.24, 2.45) is 5.73 Å². The molecule has 2 N–H and O–H groups in total. The fourth-order valence-electron chi connectivity index (χ4n) is 0.749. The molecule has 1 amide bonds. The summed E-state index contributed by atoms with van der Waals surface area (Å²) in [7, 11) is 0. The molecule has 0 saturated heterocycles. The highest BCUT2D eigenvalue weighted by molar-refractivity contribution is 8.14. The number of amides is 1. The molecular formula is C7H15NOS. The minimum atomic E-state index is -0.261. The monoisotopic (exact) mass is 161 g/mol. The van der Waals surface area contributed by atoms with Crippen LogP contribution in [0.2, 0.25) is 0 Å². The van der Waals surface area contributed by atoms with Crippen LogP contribution in [0.3, 0.4) is 0 Å². The Morgan fingerprint density at radius 1 is 1.70 bits per heavy atom. The first kappa shape index (κ1) is 9.82. The SMILES string of the molecule is CCCCC(C)SC(N)=O. The summed E-state index contributed by atoms with van der Waals surface area (Å²) in [4.78, 5) is 10.4. The van der Waals surface area contributed by atoms with Crippen LogP contribution >= 0.6 is 11.8 Å². The highest BCUT2D eigenvalue weighted by atomic mass is 32.2. The summed E-state index contributed by atoms with van der Waals surface area (Å²) in [6.07, 6.45) is 3.45. The second kappa shape index (κ2) is 5.59. The van der Waals surface area contributed by atoms with Gasteiger partial charge in [0.15, 0.2) is 0 Å². The molecule has 0 aromatic heterocycles. The van der Waals surface area contributed by atoms with E-state index in [1.807, 2.05) is 6.92 Å². The van der Waals surface area contributed by atoms with Gasteiger partial charge in [-0.25, -0.2) is 0 Å². The molecule has 2 nitrogen and oxygen atoms in total. The summed E-state index contributed by atoms with van der Waals surface area (Å²) in [5.74, 6) is 0. The predicted molar refractivity (Wildman–Crippen MR) is 46.2 cm³/mol. The molecule has 0 saturated carbocycles. The molecule has 0 aliphatic carbocycles. The van der Waals surface area contributed by atoms with Crippen LogP contribution in [0, 0.1) is 0 Å². The van der Waals surface area contributed by atoms with Crippen molar-refractivity contribution >= 4 is 17.0 Å². The lowest BCUT2D eigenvalue weighted by Crippen LogP contribution is -2.08. The van der Waals surface area contributed by atoms with Crippen LogP contribution in [0.25, 0.3) is 0 Å². The van der Waals surface area contributed by atoms with E-state index in [1.165, 1.54) is 24.6 Å². The molecule has 0 fully saturated rings. The molecule has 60 valence electrons. The van der Waals surface area contributed by atoms with E-state index in [-0.39, 0.29) is 5.24 Å². The third-order valence-electron chi connectivity index (χ3n) is 1.28. The van der Waals surface area contributed by atoms with Gasteiger partial charge in [0.05, 0.1) is 0 Å². The fourth-order valence-corrected chi connectivity index (χ4v) is 1.43. The molecule has 10 heavy (non-hydrogen) atoms. The van der Waals surface area contributed by atoms with E-state index in [9.17, 15) is 4.79 Å². The fraction of sp³-hybridized carbons (Fsp3) is 0.857. The molecule has 0 aromatic rings. The number of nitrogens with two attached hydrogens (primary N) is 1. The van der Waals surface area contributed by atoms with E-state index in [0.29, 0.717) is 5.25 Å². The molecule has 0 aromatic carbocycles. The smallest absolute Gasteiger partial charge is 0.276 e. The summed E-state index contributed by atoms with van der Waals surface area (Å²) in [6, 6.07) is 0. The van der Waals surface area contributed by atoms with Gasteiger partial charge in [-0.3, -0.25) is 4.79 Å². The van der Waals surface area contributed by atoms with Crippen LogP contribution in [-0.4, -0.2) is 10.5 Å². The maximum atomic E-state index is 10.4. The summed E-state index contributed by atoms with van der Waals surface area (Å²) in [5.41, 5.74) is 4.99. The molecule has 1 unspecified atom stereocenters. The highest BCUT2D eigenvalue weighted by Gasteiger charge is 2.04. The van der Waals surface area contributed by atoms with E-state index in [4.69, 9.17) is 5.73 Å². The van der Waals surface area contributed by atoms with E-state index in [2.05, 4.69) is 6.92 Å². The van der Waals surface area contributed by atoms with Gasteiger partial charge in [0.1, 0.15) is 0 Å². The highest BCUT2D eigenvalue weighted by Crippen LogP contribution is 2.15. The summed E-state index contributed by atoms with van der Waals surface area (Å²) >= 11 is 1.23. The lowest BCUT2D eigenvalue weighted by atomic mass is 10.2. The van der Waals surface area contributed by atoms with Crippen molar-refractivity contribution in [3.63, 3.8) is 0 Å². The van der Waals surface area contributed by atoms with Gasteiger partial charge in [0, 0.05) is 5.25 Å². The van der Waals surface area contributed by atoms with Gasteiger partial charge in [-0.1, -0.05) is 38.5 Å². The molecule has 0 aliphatic heterocycles. The van der Waals surface area contributed by atoms with Crippen LogP contribution in [0.5, 0.6) is 0 Å². The number of hydrogen-bond acceptors (Lipinski definition) is 2. The average Bonchev–Trinajstić information content (AvgIpc) is 1.82. The van der Waals surface area contributed by atoms with Crippen molar-refractivity contribution in [1.82, 2.24) is 0 Å².